The summed E-state index contributed by atoms with van der Waals surface area (Å²) in [4.78, 5) is 0.771. The number of hydrogen-bond donors (Lipinski definition) is 2. The van der Waals surface area contributed by atoms with Gasteiger partial charge < -0.3 is 5.41 Å². The van der Waals surface area contributed by atoms with Gasteiger partial charge in [0, 0.05) is 16.2 Å². The molecule has 1 aromatic carbocycles. The third-order valence-electron chi connectivity index (χ3n) is 1.59. The Balaban J connectivity index is 0. The standard InChI is InChI=1S/C9H10ClNS.2C2H6/c1-5-3-7(10)9(6(2)11)8(12)4-5;2*1-2/h3-4,11-12H,1-2H3;2*1-2H3. The van der Waals surface area contributed by atoms with Crippen molar-refractivity contribution in [1.82, 2.24) is 0 Å². The molecule has 0 unspecified atom stereocenters. The van der Waals surface area contributed by atoms with Gasteiger partial charge in [-0.15, -0.1) is 12.6 Å². The van der Waals surface area contributed by atoms with E-state index in [9.17, 15) is 0 Å². The quantitative estimate of drug-likeness (QED) is 0.500. The molecule has 0 heterocycles. The second kappa shape index (κ2) is 9.73. The number of thiol groups is 1. The Labute approximate surface area is 110 Å². The van der Waals surface area contributed by atoms with E-state index in [1.165, 1.54) is 0 Å². The number of rotatable bonds is 1. The molecule has 1 aromatic rings. The Morgan fingerprint density at radius 3 is 1.94 bits per heavy atom. The van der Waals surface area contributed by atoms with Gasteiger partial charge >= 0.3 is 0 Å². The first-order valence-electron chi connectivity index (χ1n) is 5.57. The van der Waals surface area contributed by atoms with Crippen LogP contribution in [0.2, 0.25) is 5.02 Å². The highest BCUT2D eigenvalue weighted by Crippen LogP contribution is 2.25. The third kappa shape index (κ3) is 5.57. The molecule has 0 amide bonds. The molecule has 0 radical (unpaired) electrons. The van der Waals surface area contributed by atoms with Gasteiger partial charge in [0.15, 0.2) is 0 Å². The molecule has 0 fully saturated rings. The topological polar surface area (TPSA) is 23.9 Å². The van der Waals surface area contributed by atoms with E-state index in [0.29, 0.717) is 10.7 Å². The summed E-state index contributed by atoms with van der Waals surface area (Å²) in [6, 6.07) is 3.75. The zero-order valence-corrected chi connectivity index (χ0v) is 12.6. The SMILES string of the molecule is CC.CC.CC(=N)c1c(S)cc(C)cc1Cl. The van der Waals surface area contributed by atoms with Crippen molar-refractivity contribution in [3.63, 3.8) is 0 Å². The van der Waals surface area contributed by atoms with Gasteiger partial charge in [-0.25, -0.2) is 0 Å². The fraction of sp³-hybridized carbons (Fsp3) is 0.462. The minimum atomic E-state index is 0.449. The van der Waals surface area contributed by atoms with Crippen molar-refractivity contribution in [3.05, 3.63) is 28.3 Å². The van der Waals surface area contributed by atoms with Crippen LogP contribution >= 0.6 is 24.2 Å². The molecule has 0 saturated carbocycles. The molecule has 0 bridgehead atoms. The van der Waals surface area contributed by atoms with E-state index >= 15 is 0 Å². The number of nitrogens with one attached hydrogen (secondary N) is 1. The van der Waals surface area contributed by atoms with Gasteiger partial charge in [0.1, 0.15) is 0 Å². The summed E-state index contributed by atoms with van der Waals surface area (Å²) in [7, 11) is 0. The summed E-state index contributed by atoms with van der Waals surface area (Å²) in [5.41, 5.74) is 2.24. The molecule has 0 atom stereocenters. The monoisotopic (exact) mass is 259 g/mol. The van der Waals surface area contributed by atoms with E-state index in [2.05, 4.69) is 12.6 Å². The number of benzene rings is 1. The molecule has 1 rings (SSSR count). The minimum Gasteiger partial charge on any atom is -0.305 e. The lowest BCUT2D eigenvalue weighted by molar-refractivity contribution is 1.32. The van der Waals surface area contributed by atoms with Crippen molar-refractivity contribution in [1.29, 1.82) is 5.41 Å². The van der Waals surface area contributed by atoms with E-state index in [1.807, 2.05) is 46.8 Å². The van der Waals surface area contributed by atoms with Gasteiger partial charge in [-0.1, -0.05) is 39.3 Å². The maximum atomic E-state index is 7.45. The third-order valence-corrected chi connectivity index (χ3v) is 2.24. The Hall–Kier alpha value is -0.470. The summed E-state index contributed by atoms with van der Waals surface area (Å²) in [5, 5.41) is 8.06. The summed E-state index contributed by atoms with van der Waals surface area (Å²) in [5.74, 6) is 0. The highest BCUT2D eigenvalue weighted by Gasteiger charge is 2.06. The van der Waals surface area contributed by atoms with Crippen LogP contribution in [-0.2, 0) is 0 Å². The van der Waals surface area contributed by atoms with Crippen molar-refractivity contribution in [2.45, 2.75) is 46.4 Å². The zero-order valence-electron chi connectivity index (χ0n) is 11.0. The van der Waals surface area contributed by atoms with Crippen LogP contribution in [-0.4, -0.2) is 5.71 Å². The fourth-order valence-corrected chi connectivity index (χ4v) is 2.07. The molecule has 0 aliphatic heterocycles. The normalized spacial score (nSPS) is 8.25. The lowest BCUT2D eigenvalue weighted by Crippen LogP contribution is -1.96. The minimum absolute atomic E-state index is 0.449. The van der Waals surface area contributed by atoms with Crippen LogP contribution in [0.1, 0.15) is 45.7 Å². The van der Waals surface area contributed by atoms with E-state index in [1.54, 1.807) is 6.92 Å². The molecule has 92 valence electrons. The first kappa shape index (κ1) is 17.9. The highest BCUT2D eigenvalue weighted by molar-refractivity contribution is 7.80. The van der Waals surface area contributed by atoms with Crippen LogP contribution in [0.4, 0.5) is 0 Å². The summed E-state index contributed by atoms with van der Waals surface area (Å²) in [6.07, 6.45) is 0. The van der Waals surface area contributed by atoms with Crippen molar-refractivity contribution >= 4 is 29.9 Å². The van der Waals surface area contributed by atoms with Crippen molar-refractivity contribution in [2.75, 3.05) is 0 Å². The molecule has 0 aromatic heterocycles. The van der Waals surface area contributed by atoms with Crippen LogP contribution in [0.15, 0.2) is 17.0 Å². The smallest absolute Gasteiger partial charge is 0.0510 e. The van der Waals surface area contributed by atoms with Gasteiger partial charge in [-0.05, 0) is 31.5 Å². The van der Waals surface area contributed by atoms with Gasteiger partial charge in [0.2, 0.25) is 0 Å². The molecule has 1 N–H and O–H groups in total. The van der Waals surface area contributed by atoms with Gasteiger partial charge in [-0.3, -0.25) is 0 Å². The second-order valence-corrected chi connectivity index (χ2v) is 3.65. The van der Waals surface area contributed by atoms with Crippen LogP contribution in [0.25, 0.3) is 0 Å². The van der Waals surface area contributed by atoms with E-state index in [4.69, 9.17) is 17.0 Å². The number of aryl methyl sites for hydroxylation is 1. The lowest BCUT2D eigenvalue weighted by Gasteiger charge is -2.06. The van der Waals surface area contributed by atoms with Crippen molar-refractivity contribution in [3.8, 4) is 0 Å². The Bertz CT molecular complexity index is 312. The fourth-order valence-electron chi connectivity index (χ4n) is 1.10. The predicted molar refractivity (Wildman–Crippen MR) is 78.6 cm³/mol. The van der Waals surface area contributed by atoms with Crippen LogP contribution in [0.3, 0.4) is 0 Å². The second-order valence-electron chi connectivity index (χ2n) is 2.77. The predicted octanol–water partition coefficient (Wildman–Crippen LogP) is 5.38. The van der Waals surface area contributed by atoms with Gasteiger partial charge in [0.05, 0.1) is 5.02 Å². The average Bonchev–Trinajstić information content (AvgIpc) is 2.21. The lowest BCUT2D eigenvalue weighted by atomic mass is 10.1. The zero-order chi connectivity index (χ0) is 13.3. The van der Waals surface area contributed by atoms with Gasteiger partial charge in [0.25, 0.3) is 0 Å². The molecule has 1 nitrogen and oxygen atoms in total. The molecular formula is C13H22ClNS. The maximum absolute atomic E-state index is 7.45. The van der Waals surface area contributed by atoms with Crippen LogP contribution in [0.5, 0.6) is 0 Å². The van der Waals surface area contributed by atoms with Gasteiger partial charge in [-0.2, -0.15) is 0 Å². The summed E-state index contributed by atoms with van der Waals surface area (Å²) in [6.45, 7) is 11.7. The molecule has 0 saturated heterocycles. The van der Waals surface area contributed by atoms with Crippen molar-refractivity contribution in [2.24, 2.45) is 0 Å². The molecule has 0 aliphatic rings. The van der Waals surface area contributed by atoms with Crippen molar-refractivity contribution < 1.29 is 0 Å². The van der Waals surface area contributed by atoms with E-state index < -0.39 is 0 Å². The summed E-state index contributed by atoms with van der Waals surface area (Å²) >= 11 is 10.2. The Morgan fingerprint density at radius 2 is 1.62 bits per heavy atom. The van der Waals surface area contributed by atoms with Crippen LogP contribution < -0.4 is 0 Å². The average molecular weight is 260 g/mol. The Morgan fingerprint density at radius 1 is 1.19 bits per heavy atom. The highest BCUT2D eigenvalue weighted by atomic mass is 35.5. The molecule has 0 spiro atoms. The Kier molecular flexibility index (Phi) is 10.9. The van der Waals surface area contributed by atoms with Crippen LogP contribution in [0, 0.1) is 12.3 Å². The number of halogens is 1. The first-order valence-corrected chi connectivity index (χ1v) is 6.39. The molecular weight excluding hydrogens is 238 g/mol. The van der Waals surface area contributed by atoms with E-state index in [0.717, 1.165) is 16.0 Å². The maximum Gasteiger partial charge on any atom is 0.0510 e. The largest absolute Gasteiger partial charge is 0.305 e. The molecule has 3 heteroatoms. The molecule has 16 heavy (non-hydrogen) atoms. The van der Waals surface area contributed by atoms with E-state index in [-0.39, 0.29) is 0 Å². The number of hydrogen-bond acceptors (Lipinski definition) is 2. The molecule has 0 aliphatic carbocycles. The first-order chi connectivity index (χ1) is 7.52. The summed E-state index contributed by atoms with van der Waals surface area (Å²) < 4.78 is 0.